The lowest BCUT2D eigenvalue weighted by molar-refractivity contribution is -0.135. The van der Waals surface area contributed by atoms with Crippen LogP contribution in [0.15, 0.2) is 24.3 Å². The standard InChI is InChI=1S/C16H18FNO/c17-13-4-2-12(3-5-13)16(7-8-16)15(19)18-10-11-1-6-14(18)9-11/h2-5,11,14H,1,6-10H2. The van der Waals surface area contributed by atoms with Crippen LogP contribution in [0.4, 0.5) is 4.39 Å². The molecule has 1 aromatic rings. The van der Waals surface area contributed by atoms with Gasteiger partial charge in [-0.05, 0) is 55.7 Å². The quantitative estimate of drug-likeness (QED) is 0.799. The first-order valence-corrected chi connectivity index (χ1v) is 7.26. The van der Waals surface area contributed by atoms with Gasteiger partial charge < -0.3 is 4.90 Å². The average molecular weight is 259 g/mol. The zero-order valence-electron chi connectivity index (χ0n) is 10.9. The summed E-state index contributed by atoms with van der Waals surface area (Å²) in [6, 6.07) is 7.00. The summed E-state index contributed by atoms with van der Waals surface area (Å²) in [5.41, 5.74) is 0.680. The molecular weight excluding hydrogens is 241 g/mol. The molecule has 1 heterocycles. The fraction of sp³-hybridized carbons (Fsp3) is 0.562. The van der Waals surface area contributed by atoms with Crippen LogP contribution in [0.3, 0.4) is 0 Å². The zero-order valence-corrected chi connectivity index (χ0v) is 10.9. The Balaban J connectivity index is 1.61. The van der Waals surface area contributed by atoms with Gasteiger partial charge >= 0.3 is 0 Å². The Morgan fingerprint density at radius 2 is 1.95 bits per heavy atom. The molecule has 1 amide bonds. The highest BCUT2D eigenvalue weighted by Crippen LogP contribution is 2.52. The number of amides is 1. The van der Waals surface area contributed by atoms with Crippen LogP contribution in [0.2, 0.25) is 0 Å². The van der Waals surface area contributed by atoms with E-state index in [0.717, 1.165) is 30.9 Å². The topological polar surface area (TPSA) is 20.3 Å². The Hall–Kier alpha value is -1.38. The SMILES string of the molecule is O=C(N1CC2CCC1C2)C1(c2ccc(F)cc2)CC1. The van der Waals surface area contributed by atoms with Gasteiger partial charge in [0.1, 0.15) is 5.82 Å². The van der Waals surface area contributed by atoms with Crippen molar-refractivity contribution in [1.29, 1.82) is 0 Å². The number of hydrogen-bond acceptors (Lipinski definition) is 1. The molecule has 3 fully saturated rings. The van der Waals surface area contributed by atoms with Gasteiger partial charge in [0, 0.05) is 12.6 Å². The molecule has 2 unspecified atom stereocenters. The number of nitrogens with zero attached hydrogens (tertiary/aromatic N) is 1. The van der Waals surface area contributed by atoms with Crippen LogP contribution in [-0.4, -0.2) is 23.4 Å². The number of benzene rings is 1. The molecule has 4 rings (SSSR count). The highest BCUT2D eigenvalue weighted by atomic mass is 19.1. The summed E-state index contributed by atoms with van der Waals surface area (Å²) in [6.45, 7) is 0.951. The number of hydrogen-bond donors (Lipinski definition) is 0. The average Bonchev–Trinajstić information content (AvgIpc) is 2.96. The van der Waals surface area contributed by atoms with Gasteiger partial charge in [0.2, 0.25) is 5.91 Å². The third-order valence-electron chi connectivity index (χ3n) is 5.23. The normalized spacial score (nSPS) is 30.7. The van der Waals surface area contributed by atoms with Gasteiger partial charge in [0.15, 0.2) is 0 Å². The summed E-state index contributed by atoms with van der Waals surface area (Å²) in [5.74, 6) is 0.802. The molecule has 19 heavy (non-hydrogen) atoms. The predicted molar refractivity (Wildman–Crippen MR) is 70.2 cm³/mol. The lowest BCUT2D eigenvalue weighted by atomic mass is 9.93. The van der Waals surface area contributed by atoms with E-state index in [4.69, 9.17) is 0 Å². The predicted octanol–water partition coefficient (Wildman–Crippen LogP) is 2.87. The fourth-order valence-corrected chi connectivity index (χ4v) is 3.97. The largest absolute Gasteiger partial charge is 0.339 e. The summed E-state index contributed by atoms with van der Waals surface area (Å²) < 4.78 is 13.0. The number of fused-ring (bicyclic) bond motifs is 2. The minimum Gasteiger partial charge on any atom is -0.339 e. The van der Waals surface area contributed by atoms with Gasteiger partial charge in [0.05, 0.1) is 5.41 Å². The van der Waals surface area contributed by atoms with E-state index < -0.39 is 0 Å². The van der Waals surface area contributed by atoms with Crippen molar-refractivity contribution >= 4 is 5.91 Å². The van der Waals surface area contributed by atoms with E-state index in [9.17, 15) is 9.18 Å². The molecule has 0 spiro atoms. The minimum absolute atomic E-state index is 0.229. The lowest BCUT2D eigenvalue weighted by Gasteiger charge is -2.31. The van der Waals surface area contributed by atoms with Crippen molar-refractivity contribution in [2.75, 3.05) is 6.54 Å². The Morgan fingerprint density at radius 3 is 2.47 bits per heavy atom. The number of halogens is 1. The van der Waals surface area contributed by atoms with Crippen LogP contribution in [0.25, 0.3) is 0 Å². The molecule has 1 saturated heterocycles. The molecular formula is C16H18FNO. The molecule has 2 saturated carbocycles. The second-order valence-corrected chi connectivity index (χ2v) is 6.38. The number of likely N-dealkylation sites (tertiary alicyclic amines) is 1. The van der Waals surface area contributed by atoms with Gasteiger partial charge in [-0.1, -0.05) is 12.1 Å². The van der Waals surface area contributed by atoms with Crippen molar-refractivity contribution in [3.8, 4) is 0 Å². The number of piperidine rings is 1. The first kappa shape index (κ1) is 11.4. The smallest absolute Gasteiger partial charge is 0.233 e. The summed E-state index contributed by atoms with van der Waals surface area (Å²) in [5, 5.41) is 0. The monoisotopic (exact) mass is 259 g/mol. The first-order chi connectivity index (χ1) is 9.19. The molecule has 2 bridgehead atoms. The van der Waals surface area contributed by atoms with E-state index in [-0.39, 0.29) is 11.2 Å². The summed E-state index contributed by atoms with van der Waals surface area (Å²) in [7, 11) is 0. The second-order valence-electron chi connectivity index (χ2n) is 6.38. The van der Waals surface area contributed by atoms with Crippen molar-refractivity contribution in [3.63, 3.8) is 0 Å². The molecule has 1 aliphatic heterocycles. The van der Waals surface area contributed by atoms with Gasteiger partial charge in [-0.25, -0.2) is 4.39 Å². The highest BCUT2D eigenvalue weighted by molar-refractivity contribution is 5.91. The first-order valence-electron chi connectivity index (χ1n) is 7.26. The maximum Gasteiger partial charge on any atom is 0.233 e. The molecule has 2 aliphatic carbocycles. The third kappa shape index (κ3) is 1.63. The summed E-state index contributed by atoms with van der Waals surface area (Å²) in [4.78, 5) is 15.0. The number of rotatable bonds is 2. The Morgan fingerprint density at radius 1 is 1.21 bits per heavy atom. The van der Waals surface area contributed by atoms with Crippen molar-refractivity contribution in [1.82, 2.24) is 4.90 Å². The van der Waals surface area contributed by atoms with Crippen LogP contribution in [-0.2, 0) is 10.2 Å². The molecule has 0 N–H and O–H groups in total. The molecule has 3 aliphatic rings. The van der Waals surface area contributed by atoms with E-state index in [0.29, 0.717) is 11.9 Å². The maximum atomic E-state index is 13.0. The fourth-order valence-electron chi connectivity index (χ4n) is 3.97. The molecule has 3 heteroatoms. The van der Waals surface area contributed by atoms with Crippen molar-refractivity contribution in [3.05, 3.63) is 35.6 Å². The second kappa shape index (κ2) is 3.81. The van der Waals surface area contributed by atoms with Crippen LogP contribution in [0, 0.1) is 11.7 Å². The van der Waals surface area contributed by atoms with E-state index >= 15 is 0 Å². The third-order valence-corrected chi connectivity index (χ3v) is 5.23. The Kier molecular flexibility index (Phi) is 2.30. The van der Waals surface area contributed by atoms with Crippen molar-refractivity contribution < 1.29 is 9.18 Å². The van der Waals surface area contributed by atoms with Crippen LogP contribution < -0.4 is 0 Å². The molecule has 2 nitrogen and oxygen atoms in total. The summed E-state index contributed by atoms with van der Waals surface area (Å²) >= 11 is 0. The molecule has 100 valence electrons. The lowest BCUT2D eigenvalue weighted by Crippen LogP contribution is -2.43. The van der Waals surface area contributed by atoms with Gasteiger partial charge in [-0.15, -0.1) is 0 Å². The van der Waals surface area contributed by atoms with Crippen molar-refractivity contribution in [2.45, 2.75) is 43.6 Å². The number of carbonyl (C=O) groups excluding carboxylic acids is 1. The van der Waals surface area contributed by atoms with E-state index in [1.165, 1.54) is 31.4 Å². The minimum atomic E-state index is -0.321. The summed E-state index contributed by atoms with van der Waals surface area (Å²) in [6.07, 6.45) is 5.51. The van der Waals surface area contributed by atoms with E-state index in [1.807, 2.05) is 0 Å². The molecule has 1 aromatic carbocycles. The van der Waals surface area contributed by atoms with Crippen LogP contribution in [0.1, 0.15) is 37.7 Å². The number of carbonyl (C=O) groups is 1. The zero-order chi connectivity index (χ0) is 13.0. The van der Waals surface area contributed by atoms with Gasteiger partial charge in [-0.2, -0.15) is 0 Å². The molecule has 0 radical (unpaired) electrons. The molecule has 0 aromatic heterocycles. The van der Waals surface area contributed by atoms with Gasteiger partial charge in [-0.3, -0.25) is 4.79 Å². The Labute approximate surface area is 112 Å². The maximum absolute atomic E-state index is 13.0. The Bertz CT molecular complexity index is 520. The van der Waals surface area contributed by atoms with Gasteiger partial charge in [0.25, 0.3) is 0 Å². The van der Waals surface area contributed by atoms with E-state index in [1.54, 1.807) is 12.1 Å². The molecule has 2 atom stereocenters. The van der Waals surface area contributed by atoms with Crippen LogP contribution >= 0.6 is 0 Å². The van der Waals surface area contributed by atoms with Crippen LogP contribution in [0.5, 0.6) is 0 Å². The van der Waals surface area contributed by atoms with E-state index in [2.05, 4.69) is 4.90 Å². The highest BCUT2D eigenvalue weighted by Gasteiger charge is 2.55. The van der Waals surface area contributed by atoms with Crippen molar-refractivity contribution in [2.24, 2.45) is 5.92 Å².